The summed E-state index contributed by atoms with van der Waals surface area (Å²) in [5.74, 6) is 0.0101. The number of amides is 1. The van der Waals surface area contributed by atoms with Gasteiger partial charge in [-0.25, -0.2) is 9.37 Å². The maximum absolute atomic E-state index is 13.4. The van der Waals surface area contributed by atoms with Crippen LogP contribution in [0.25, 0.3) is 16.9 Å². The number of fused-ring (bicyclic) bond motifs is 1. The number of anilines is 1. The highest BCUT2D eigenvalue weighted by Crippen LogP contribution is 2.29. The van der Waals surface area contributed by atoms with Gasteiger partial charge in [0.05, 0.1) is 12.1 Å². The molecule has 2 aromatic heterocycles. The highest BCUT2D eigenvalue weighted by atomic mass is 19.1. The number of benzene rings is 2. The average Bonchev–Trinajstić information content (AvgIpc) is 3.00. The van der Waals surface area contributed by atoms with E-state index in [4.69, 9.17) is 0 Å². The molecule has 0 saturated heterocycles. The monoisotopic (exact) mass is 359 g/mol. The second-order valence-electron chi connectivity index (χ2n) is 6.46. The Kier molecular flexibility index (Phi) is 4.42. The second-order valence-corrected chi connectivity index (χ2v) is 6.46. The number of carbonyl (C=O) groups is 1. The lowest BCUT2D eigenvalue weighted by Gasteiger charge is -2.07. The maximum Gasteiger partial charge on any atom is 0.230 e. The first kappa shape index (κ1) is 17.0. The number of halogens is 1. The SMILES string of the molecule is Cc1ccn2c(-c3ccc(F)cc3)c(NC(=O)Cc3ccccc3)nc2c1. The second kappa shape index (κ2) is 7.03. The minimum atomic E-state index is -0.307. The summed E-state index contributed by atoms with van der Waals surface area (Å²) < 4.78 is 15.3. The largest absolute Gasteiger partial charge is 0.309 e. The first-order valence-electron chi connectivity index (χ1n) is 8.68. The molecular weight excluding hydrogens is 341 g/mol. The van der Waals surface area contributed by atoms with Crippen LogP contribution in [0.1, 0.15) is 11.1 Å². The van der Waals surface area contributed by atoms with Gasteiger partial charge in [0.1, 0.15) is 11.5 Å². The first-order valence-corrected chi connectivity index (χ1v) is 8.68. The van der Waals surface area contributed by atoms with Crippen LogP contribution in [0.15, 0.2) is 72.9 Å². The van der Waals surface area contributed by atoms with Crippen molar-refractivity contribution in [2.24, 2.45) is 0 Å². The molecule has 0 fully saturated rings. The van der Waals surface area contributed by atoms with E-state index in [-0.39, 0.29) is 18.1 Å². The summed E-state index contributed by atoms with van der Waals surface area (Å²) in [6.07, 6.45) is 2.17. The van der Waals surface area contributed by atoms with E-state index in [1.807, 2.05) is 60.0 Å². The van der Waals surface area contributed by atoms with Gasteiger partial charge in [0.2, 0.25) is 5.91 Å². The fraction of sp³-hybridized carbons (Fsp3) is 0.0909. The number of aryl methyl sites for hydroxylation is 1. The Balaban J connectivity index is 1.73. The number of rotatable bonds is 4. The van der Waals surface area contributed by atoms with Gasteiger partial charge in [0.15, 0.2) is 5.82 Å². The lowest BCUT2D eigenvalue weighted by atomic mass is 10.1. The molecule has 0 aliphatic carbocycles. The standard InChI is InChI=1S/C22H18FN3O/c1-15-11-12-26-19(13-15)24-22(21(26)17-7-9-18(23)10-8-17)25-20(27)14-16-5-3-2-4-6-16/h2-13H,14H2,1H3,(H,25,27). The van der Waals surface area contributed by atoms with E-state index in [1.54, 1.807) is 12.1 Å². The zero-order chi connectivity index (χ0) is 18.8. The molecule has 0 radical (unpaired) electrons. The summed E-state index contributed by atoms with van der Waals surface area (Å²) in [4.78, 5) is 17.1. The van der Waals surface area contributed by atoms with Crippen molar-refractivity contribution in [1.82, 2.24) is 9.38 Å². The van der Waals surface area contributed by atoms with Gasteiger partial charge in [0.25, 0.3) is 0 Å². The molecule has 1 N–H and O–H groups in total. The van der Waals surface area contributed by atoms with Gasteiger partial charge in [0, 0.05) is 11.8 Å². The van der Waals surface area contributed by atoms with E-state index in [0.29, 0.717) is 5.82 Å². The van der Waals surface area contributed by atoms with E-state index in [2.05, 4.69) is 10.3 Å². The van der Waals surface area contributed by atoms with E-state index in [0.717, 1.165) is 28.0 Å². The van der Waals surface area contributed by atoms with Crippen LogP contribution in [0, 0.1) is 12.7 Å². The van der Waals surface area contributed by atoms with Crippen LogP contribution >= 0.6 is 0 Å². The Labute approximate surface area is 156 Å². The molecule has 134 valence electrons. The predicted molar refractivity (Wildman–Crippen MR) is 104 cm³/mol. The molecule has 5 heteroatoms. The quantitative estimate of drug-likeness (QED) is 0.577. The zero-order valence-electron chi connectivity index (χ0n) is 14.8. The van der Waals surface area contributed by atoms with Crippen LogP contribution < -0.4 is 5.32 Å². The summed E-state index contributed by atoms with van der Waals surface area (Å²) >= 11 is 0. The Morgan fingerprint density at radius 2 is 1.81 bits per heavy atom. The van der Waals surface area contributed by atoms with Crippen molar-refractivity contribution >= 4 is 17.4 Å². The van der Waals surface area contributed by atoms with Crippen molar-refractivity contribution in [2.45, 2.75) is 13.3 Å². The van der Waals surface area contributed by atoms with Crippen LogP contribution in [-0.2, 0) is 11.2 Å². The lowest BCUT2D eigenvalue weighted by Crippen LogP contribution is -2.15. The Bertz CT molecular complexity index is 1100. The molecule has 0 atom stereocenters. The summed E-state index contributed by atoms with van der Waals surface area (Å²) in [5, 5.41) is 2.92. The third-order valence-electron chi connectivity index (χ3n) is 4.36. The van der Waals surface area contributed by atoms with Crippen molar-refractivity contribution in [3.05, 3.63) is 89.9 Å². The highest BCUT2D eigenvalue weighted by Gasteiger charge is 2.17. The van der Waals surface area contributed by atoms with E-state index in [1.165, 1.54) is 12.1 Å². The number of carbonyl (C=O) groups excluding carboxylic acids is 1. The van der Waals surface area contributed by atoms with Gasteiger partial charge in [-0.05, 0) is 54.4 Å². The molecule has 4 aromatic rings. The van der Waals surface area contributed by atoms with Gasteiger partial charge in [-0.2, -0.15) is 0 Å². The van der Waals surface area contributed by atoms with Crippen LogP contribution in [0.2, 0.25) is 0 Å². The fourth-order valence-electron chi connectivity index (χ4n) is 3.07. The Hall–Kier alpha value is -3.47. The number of pyridine rings is 1. The fourth-order valence-corrected chi connectivity index (χ4v) is 3.07. The number of imidazole rings is 1. The van der Waals surface area contributed by atoms with Gasteiger partial charge in [-0.3, -0.25) is 9.20 Å². The minimum absolute atomic E-state index is 0.148. The summed E-state index contributed by atoms with van der Waals surface area (Å²) in [6.45, 7) is 1.99. The number of nitrogens with zero attached hydrogens (tertiary/aromatic N) is 2. The molecule has 2 heterocycles. The molecule has 0 aliphatic heterocycles. The number of hydrogen-bond acceptors (Lipinski definition) is 2. The van der Waals surface area contributed by atoms with Crippen LogP contribution in [0.5, 0.6) is 0 Å². The number of nitrogens with one attached hydrogen (secondary N) is 1. The normalized spacial score (nSPS) is 10.9. The predicted octanol–water partition coefficient (Wildman–Crippen LogP) is 4.63. The summed E-state index contributed by atoms with van der Waals surface area (Å²) in [6, 6.07) is 19.6. The van der Waals surface area contributed by atoms with Crippen LogP contribution in [0.3, 0.4) is 0 Å². The van der Waals surface area contributed by atoms with Crippen molar-refractivity contribution in [3.63, 3.8) is 0 Å². The molecule has 0 aliphatic rings. The molecule has 4 rings (SSSR count). The molecule has 2 aromatic carbocycles. The maximum atomic E-state index is 13.4. The topological polar surface area (TPSA) is 46.4 Å². The molecule has 4 nitrogen and oxygen atoms in total. The van der Waals surface area contributed by atoms with Gasteiger partial charge >= 0.3 is 0 Å². The van der Waals surface area contributed by atoms with Crippen molar-refractivity contribution < 1.29 is 9.18 Å². The van der Waals surface area contributed by atoms with Crippen LogP contribution in [-0.4, -0.2) is 15.3 Å². The van der Waals surface area contributed by atoms with E-state index >= 15 is 0 Å². The molecule has 27 heavy (non-hydrogen) atoms. The lowest BCUT2D eigenvalue weighted by molar-refractivity contribution is -0.115. The number of aromatic nitrogens is 2. The van der Waals surface area contributed by atoms with Crippen molar-refractivity contribution in [1.29, 1.82) is 0 Å². The molecule has 0 bridgehead atoms. The van der Waals surface area contributed by atoms with Crippen molar-refractivity contribution in [3.8, 4) is 11.3 Å². The highest BCUT2D eigenvalue weighted by molar-refractivity contribution is 5.95. The van der Waals surface area contributed by atoms with Gasteiger partial charge < -0.3 is 5.32 Å². The Morgan fingerprint density at radius 3 is 2.56 bits per heavy atom. The smallest absolute Gasteiger partial charge is 0.230 e. The molecule has 1 amide bonds. The van der Waals surface area contributed by atoms with Gasteiger partial charge in [-0.1, -0.05) is 30.3 Å². The Morgan fingerprint density at radius 1 is 1.07 bits per heavy atom. The third kappa shape index (κ3) is 3.58. The first-order chi connectivity index (χ1) is 13.1. The van der Waals surface area contributed by atoms with Crippen molar-refractivity contribution in [2.75, 3.05) is 5.32 Å². The summed E-state index contributed by atoms with van der Waals surface area (Å²) in [7, 11) is 0. The van der Waals surface area contributed by atoms with Gasteiger partial charge in [-0.15, -0.1) is 0 Å². The van der Waals surface area contributed by atoms with E-state index < -0.39 is 0 Å². The molecular formula is C22H18FN3O. The molecule has 0 saturated carbocycles. The summed E-state index contributed by atoms with van der Waals surface area (Å²) in [5.41, 5.74) is 4.23. The average molecular weight is 359 g/mol. The van der Waals surface area contributed by atoms with E-state index in [9.17, 15) is 9.18 Å². The van der Waals surface area contributed by atoms with Crippen LogP contribution in [0.4, 0.5) is 10.2 Å². The third-order valence-corrected chi connectivity index (χ3v) is 4.36. The number of hydrogen-bond donors (Lipinski definition) is 1. The minimum Gasteiger partial charge on any atom is -0.309 e. The zero-order valence-corrected chi connectivity index (χ0v) is 14.8. The molecule has 0 spiro atoms. The molecule has 0 unspecified atom stereocenters.